The normalized spacial score (nSPS) is 17.2. The number of anilines is 1. The van der Waals surface area contributed by atoms with Crippen molar-refractivity contribution in [1.82, 2.24) is 10.2 Å². The molecule has 1 aliphatic heterocycles. The van der Waals surface area contributed by atoms with E-state index in [2.05, 4.69) is 31.5 Å². The predicted octanol–water partition coefficient (Wildman–Crippen LogP) is 2.07. The molecule has 2 N–H and O–H groups in total. The molecule has 0 spiro atoms. The van der Waals surface area contributed by atoms with Crippen LogP contribution in [0.15, 0.2) is 28.7 Å². The molecule has 0 saturated carbocycles. The standard InChI is InChI=1S/C14H20BrN3O/c1-14(2,18-9-7-16-8-10-18)13(19)17-12-5-3-11(15)4-6-12/h3-6,16H,7-10H2,1-2H3,(H,17,19). The number of hydrogen-bond acceptors (Lipinski definition) is 3. The van der Waals surface area contributed by atoms with Gasteiger partial charge in [0.1, 0.15) is 0 Å². The summed E-state index contributed by atoms with van der Waals surface area (Å²) in [5.41, 5.74) is 0.339. The van der Waals surface area contributed by atoms with Crippen molar-refractivity contribution in [3.05, 3.63) is 28.7 Å². The fourth-order valence-corrected chi connectivity index (χ4v) is 2.45. The second kappa shape index (κ2) is 6.03. The summed E-state index contributed by atoms with van der Waals surface area (Å²) in [6.07, 6.45) is 0. The van der Waals surface area contributed by atoms with E-state index in [0.717, 1.165) is 36.3 Å². The third-order valence-corrected chi connectivity index (χ3v) is 4.09. The van der Waals surface area contributed by atoms with Crippen molar-refractivity contribution in [2.45, 2.75) is 19.4 Å². The van der Waals surface area contributed by atoms with Crippen molar-refractivity contribution in [1.29, 1.82) is 0 Å². The Morgan fingerprint density at radius 3 is 2.42 bits per heavy atom. The first kappa shape index (κ1) is 14.5. The zero-order valence-electron chi connectivity index (χ0n) is 11.4. The number of piperazine rings is 1. The van der Waals surface area contributed by atoms with Gasteiger partial charge in [-0.2, -0.15) is 0 Å². The molecule has 2 rings (SSSR count). The molecule has 1 aliphatic rings. The minimum Gasteiger partial charge on any atom is -0.324 e. The van der Waals surface area contributed by atoms with Gasteiger partial charge in [0.15, 0.2) is 0 Å². The van der Waals surface area contributed by atoms with Crippen molar-refractivity contribution in [2.24, 2.45) is 0 Å². The monoisotopic (exact) mass is 325 g/mol. The van der Waals surface area contributed by atoms with Crippen molar-refractivity contribution < 1.29 is 4.79 Å². The summed E-state index contributed by atoms with van der Waals surface area (Å²) in [6, 6.07) is 7.65. The summed E-state index contributed by atoms with van der Waals surface area (Å²) < 4.78 is 1.01. The van der Waals surface area contributed by atoms with Gasteiger partial charge in [-0.1, -0.05) is 15.9 Å². The van der Waals surface area contributed by atoms with Crippen LogP contribution >= 0.6 is 15.9 Å². The topological polar surface area (TPSA) is 44.4 Å². The molecule has 0 radical (unpaired) electrons. The lowest BCUT2D eigenvalue weighted by molar-refractivity contribution is -0.126. The van der Waals surface area contributed by atoms with Crippen LogP contribution in [0.1, 0.15) is 13.8 Å². The lowest BCUT2D eigenvalue weighted by Gasteiger charge is -2.39. The Morgan fingerprint density at radius 2 is 1.84 bits per heavy atom. The van der Waals surface area contributed by atoms with Gasteiger partial charge in [-0.25, -0.2) is 0 Å². The highest BCUT2D eigenvalue weighted by molar-refractivity contribution is 9.10. The van der Waals surface area contributed by atoms with E-state index in [4.69, 9.17) is 0 Å². The van der Waals surface area contributed by atoms with E-state index in [-0.39, 0.29) is 5.91 Å². The number of halogens is 1. The van der Waals surface area contributed by atoms with Crippen LogP contribution in [0.4, 0.5) is 5.69 Å². The highest BCUT2D eigenvalue weighted by Gasteiger charge is 2.35. The van der Waals surface area contributed by atoms with E-state index in [0.29, 0.717) is 0 Å². The van der Waals surface area contributed by atoms with E-state index >= 15 is 0 Å². The Morgan fingerprint density at radius 1 is 1.26 bits per heavy atom. The highest BCUT2D eigenvalue weighted by atomic mass is 79.9. The zero-order valence-corrected chi connectivity index (χ0v) is 13.0. The van der Waals surface area contributed by atoms with Gasteiger partial charge >= 0.3 is 0 Å². The molecule has 5 heteroatoms. The molecule has 0 bridgehead atoms. The molecular formula is C14H20BrN3O. The van der Waals surface area contributed by atoms with Gasteiger partial charge in [0.2, 0.25) is 5.91 Å². The smallest absolute Gasteiger partial charge is 0.244 e. The van der Waals surface area contributed by atoms with Crippen molar-refractivity contribution in [2.75, 3.05) is 31.5 Å². The Kier molecular flexibility index (Phi) is 4.60. The molecular weight excluding hydrogens is 306 g/mol. The predicted molar refractivity (Wildman–Crippen MR) is 81.3 cm³/mol. The van der Waals surface area contributed by atoms with Gasteiger partial charge in [-0.3, -0.25) is 9.69 Å². The average Bonchev–Trinajstić information content (AvgIpc) is 2.42. The number of benzene rings is 1. The van der Waals surface area contributed by atoms with Crippen LogP contribution in [-0.2, 0) is 4.79 Å². The van der Waals surface area contributed by atoms with Crippen molar-refractivity contribution in [3.8, 4) is 0 Å². The van der Waals surface area contributed by atoms with Crippen LogP contribution in [0.3, 0.4) is 0 Å². The maximum atomic E-state index is 12.4. The van der Waals surface area contributed by atoms with E-state index in [1.165, 1.54) is 0 Å². The Labute approximate surface area is 122 Å². The third kappa shape index (κ3) is 3.55. The quantitative estimate of drug-likeness (QED) is 0.894. The molecule has 19 heavy (non-hydrogen) atoms. The molecule has 1 heterocycles. The Hall–Kier alpha value is -0.910. The van der Waals surface area contributed by atoms with Gasteiger partial charge in [-0.15, -0.1) is 0 Å². The zero-order chi connectivity index (χ0) is 13.9. The number of carbonyl (C=O) groups excluding carboxylic acids is 1. The van der Waals surface area contributed by atoms with E-state index in [1.807, 2.05) is 38.1 Å². The summed E-state index contributed by atoms with van der Waals surface area (Å²) in [5, 5.41) is 6.29. The number of amides is 1. The van der Waals surface area contributed by atoms with Gasteiger partial charge in [0, 0.05) is 36.3 Å². The second-order valence-corrected chi connectivity index (χ2v) is 6.17. The van der Waals surface area contributed by atoms with Crippen LogP contribution in [0.5, 0.6) is 0 Å². The van der Waals surface area contributed by atoms with Gasteiger partial charge in [-0.05, 0) is 38.1 Å². The fourth-order valence-electron chi connectivity index (χ4n) is 2.18. The van der Waals surface area contributed by atoms with Gasteiger partial charge < -0.3 is 10.6 Å². The fraction of sp³-hybridized carbons (Fsp3) is 0.500. The van der Waals surface area contributed by atoms with Crippen molar-refractivity contribution in [3.63, 3.8) is 0 Å². The van der Waals surface area contributed by atoms with Crippen LogP contribution in [0.2, 0.25) is 0 Å². The number of nitrogens with one attached hydrogen (secondary N) is 2. The minimum atomic E-state index is -0.491. The van der Waals surface area contributed by atoms with Crippen LogP contribution in [0.25, 0.3) is 0 Å². The maximum absolute atomic E-state index is 12.4. The number of nitrogens with zero attached hydrogens (tertiary/aromatic N) is 1. The SMILES string of the molecule is CC(C)(C(=O)Nc1ccc(Br)cc1)N1CCNCC1. The average molecular weight is 326 g/mol. The Balaban J connectivity index is 2.03. The molecule has 1 aromatic rings. The largest absolute Gasteiger partial charge is 0.324 e. The molecule has 1 aromatic carbocycles. The number of rotatable bonds is 3. The van der Waals surface area contributed by atoms with E-state index < -0.39 is 5.54 Å². The second-order valence-electron chi connectivity index (χ2n) is 5.26. The number of hydrogen-bond donors (Lipinski definition) is 2. The molecule has 0 atom stereocenters. The first-order valence-corrected chi connectivity index (χ1v) is 7.32. The first-order chi connectivity index (χ1) is 9.00. The van der Waals surface area contributed by atoms with E-state index in [1.54, 1.807) is 0 Å². The number of carbonyl (C=O) groups is 1. The maximum Gasteiger partial charge on any atom is 0.244 e. The molecule has 0 aliphatic carbocycles. The molecule has 104 valence electrons. The van der Waals surface area contributed by atoms with Crippen LogP contribution < -0.4 is 10.6 Å². The summed E-state index contributed by atoms with van der Waals surface area (Å²) in [6.45, 7) is 7.64. The summed E-state index contributed by atoms with van der Waals surface area (Å²) >= 11 is 3.39. The molecule has 4 nitrogen and oxygen atoms in total. The lowest BCUT2D eigenvalue weighted by Crippen LogP contribution is -2.58. The summed E-state index contributed by atoms with van der Waals surface area (Å²) in [4.78, 5) is 14.7. The molecule has 1 saturated heterocycles. The summed E-state index contributed by atoms with van der Waals surface area (Å²) in [7, 11) is 0. The molecule has 0 aromatic heterocycles. The molecule has 1 fully saturated rings. The highest BCUT2D eigenvalue weighted by Crippen LogP contribution is 2.19. The van der Waals surface area contributed by atoms with Crippen LogP contribution in [-0.4, -0.2) is 42.5 Å². The lowest BCUT2D eigenvalue weighted by atomic mass is 10.0. The minimum absolute atomic E-state index is 0.0386. The first-order valence-electron chi connectivity index (χ1n) is 6.53. The van der Waals surface area contributed by atoms with Gasteiger partial charge in [0.05, 0.1) is 5.54 Å². The molecule has 1 amide bonds. The van der Waals surface area contributed by atoms with Crippen LogP contribution in [0, 0.1) is 0 Å². The summed E-state index contributed by atoms with van der Waals surface area (Å²) in [5.74, 6) is 0.0386. The third-order valence-electron chi connectivity index (χ3n) is 3.57. The van der Waals surface area contributed by atoms with Gasteiger partial charge in [0.25, 0.3) is 0 Å². The van der Waals surface area contributed by atoms with Crippen molar-refractivity contribution >= 4 is 27.5 Å². The van der Waals surface area contributed by atoms with E-state index in [9.17, 15) is 4.79 Å². The Bertz CT molecular complexity index is 439. The molecule has 0 unspecified atom stereocenters.